The van der Waals surface area contributed by atoms with Crippen LogP contribution in [-0.4, -0.2) is 53.2 Å². The lowest BCUT2D eigenvalue weighted by atomic mass is 10.2. The van der Waals surface area contributed by atoms with Crippen molar-refractivity contribution in [2.45, 2.75) is 12.5 Å². The molecule has 0 aliphatic carbocycles. The van der Waals surface area contributed by atoms with Gasteiger partial charge in [-0.25, -0.2) is 0 Å². The second-order valence-corrected chi connectivity index (χ2v) is 4.41. The Morgan fingerprint density at radius 2 is 2.15 bits per heavy atom. The van der Waals surface area contributed by atoms with E-state index in [1.165, 1.54) is 0 Å². The third-order valence-corrected chi connectivity index (χ3v) is 3.12. The molecule has 0 bridgehead atoms. The fourth-order valence-electron chi connectivity index (χ4n) is 1.27. The molecule has 1 saturated heterocycles. The van der Waals surface area contributed by atoms with Gasteiger partial charge in [0.05, 0.1) is 0 Å². The topological polar surface area (TPSA) is 66.6 Å². The van der Waals surface area contributed by atoms with Gasteiger partial charge in [-0.1, -0.05) is 0 Å². The van der Waals surface area contributed by atoms with Crippen LogP contribution in [0.1, 0.15) is 6.42 Å². The molecular formula is C8H16N2O2S. The molecule has 0 aromatic heterocycles. The summed E-state index contributed by atoms with van der Waals surface area (Å²) in [6, 6.07) is -0.699. The fraction of sp³-hybridized carbons (Fsp3) is 0.875. The molecule has 0 aromatic rings. The maximum Gasteiger partial charge on any atom is 0.320 e. The molecule has 13 heavy (non-hydrogen) atoms. The molecule has 1 rings (SSSR count). The van der Waals surface area contributed by atoms with Crippen LogP contribution in [0.3, 0.4) is 0 Å². The van der Waals surface area contributed by atoms with Gasteiger partial charge in [0.1, 0.15) is 6.04 Å². The lowest BCUT2D eigenvalue weighted by Crippen LogP contribution is -2.38. The summed E-state index contributed by atoms with van der Waals surface area (Å²) in [4.78, 5) is 12.7. The van der Waals surface area contributed by atoms with Crippen molar-refractivity contribution < 1.29 is 9.90 Å². The molecule has 1 unspecified atom stereocenters. The Morgan fingerprint density at radius 1 is 1.54 bits per heavy atom. The van der Waals surface area contributed by atoms with Gasteiger partial charge in [0, 0.05) is 31.1 Å². The van der Waals surface area contributed by atoms with Gasteiger partial charge in [-0.3, -0.25) is 4.79 Å². The van der Waals surface area contributed by atoms with Crippen LogP contribution in [0.25, 0.3) is 0 Å². The van der Waals surface area contributed by atoms with Crippen LogP contribution in [0, 0.1) is 0 Å². The number of nitrogens with two attached hydrogens (primary N) is 1. The molecular weight excluding hydrogens is 188 g/mol. The molecule has 5 heteroatoms. The van der Waals surface area contributed by atoms with E-state index in [2.05, 4.69) is 4.90 Å². The highest BCUT2D eigenvalue weighted by atomic mass is 32.2. The van der Waals surface area contributed by atoms with Gasteiger partial charge in [-0.15, -0.1) is 0 Å². The van der Waals surface area contributed by atoms with E-state index in [9.17, 15) is 4.79 Å². The number of hydrogen-bond donors (Lipinski definition) is 2. The zero-order valence-electron chi connectivity index (χ0n) is 7.61. The Balaban J connectivity index is 2.13. The molecule has 4 nitrogen and oxygen atoms in total. The number of aliphatic carboxylic acids is 1. The Kier molecular flexibility index (Phi) is 4.55. The summed E-state index contributed by atoms with van der Waals surface area (Å²) in [7, 11) is 0. The molecule has 1 aliphatic rings. The highest BCUT2D eigenvalue weighted by Gasteiger charge is 2.15. The third-order valence-electron chi connectivity index (χ3n) is 2.18. The van der Waals surface area contributed by atoms with Crippen molar-refractivity contribution in [3.63, 3.8) is 0 Å². The number of rotatable bonds is 4. The van der Waals surface area contributed by atoms with Crippen LogP contribution in [0.15, 0.2) is 0 Å². The summed E-state index contributed by atoms with van der Waals surface area (Å²) in [5.41, 5.74) is 5.40. The van der Waals surface area contributed by atoms with Gasteiger partial charge in [-0.2, -0.15) is 11.8 Å². The average Bonchev–Trinajstić information content (AvgIpc) is 2.15. The monoisotopic (exact) mass is 204 g/mol. The molecule has 0 aromatic carbocycles. The molecule has 0 amide bonds. The minimum absolute atomic E-state index is 0.556. The van der Waals surface area contributed by atoms with E-state index in [1.54, 1.807) is 0 Å². The van der Waals surface area contributed by atoms with Crippen LogP contribution >= 0.6 is 11.8 Å². The molecule has 1 aliphatic heterocycles. The van der Waals surface area contributed by atoms with Crippen molar-refractivity contribution in [2.75, 3.05) is 31.1 Å². The van der Waals surface area contributed by atoms with Crippen LogP contribution in [0.2, 0.25) is 0 Å². The summed E-state index contributed by atoms with van der Waals surface area (Å²) in [6.45, 7) is 2.95. The van der Waals surface area contributed by atoms with Gasteiger partial charge in [0.15, 0.2) is 0 Å². The van der Waals surface area contributed by atoms with E-state index in [0.717, 1.165) is 31.1 Å². The molecule has 1 heterocycles. The lowest BCUT2D eigenvalue weighted by molar-refractivity contribution is -0.138. The van der Waals surface area contributed by atoms with E-state index in [-0.39, 0.29) is 0 Å². The van der Waals surface area contributed by atoms with Gasteiger partial charge in [-0.05, 0) is 6.42 Å². The van der Waals surface area contributed by atoms with Gasteiger partial charge < -0.3 is 15.7 Å². The minimum atomic E-state index is -0.897. The highest BCUT2D eigenvalue weighted by molar-refractivity contribution is 7.99. The Hall–Kier alpha value is -0.260. The van der Waals surface area contributed by atoms with Gasteiger partial charge in [0.25, 0.3) is 0 Å². The molecule has 0 spiro atoms. The number of nitrogens with zero attached hydrogens (tertiary/aromatic N) is 1. The number of carbonyl (C=O) groups is 1. The average molecular weight is 204 g/mol. The van der Waals surface area contributed by atoms with Crippen LogP contribution in [0.5, 0.6) is 0 Å². The highest BCUT2D eigenvalue weighted by Crippen LogP contribution is 2.09. The maximum atomic E-state index is 10.4. The number of hydrogen-bond acceptors (Lipinski definition) is 4. The first-order valence-corrected chi connectivity index (χ1v) is 5.64. The van der Waals surface area contributed by atoms with E-state index in [0.29, 0.717) is 6.42 Å². The van der Waals surface area contributed by atoms with Crippen molar-refractivity contribution in [2.24, 2.45) is 5.73 Å². The van der Waals surface area contributed by atoms with Crippen LogP contribution in [0.4, 0.5) is 0 Å². The first-order valence-electron chi connectivity index (χ1n) is 4.48. The van der Waals surface area contributed by atoms with Crippen molar-refractivity contribution >= 4 is 17.7 Å². The Labute approximate surface area is 82.5 Å². The van der Waals surface area contributed by atoms with Crippen molar-refractivity contribution in [1.82, 2.24) is 4.90 Å². The summed E-state index contributed by atoms with van der Waals surface area (Å²) in [5, 5.41) is 8.56. The van der Waals surface area contributed by atoms with Crippen molar-refractivity contribution in [3.8, 4) is 0 Å². The van der Waals surface area contributed by atoms with Crippen molar-refractivity contribution in [1.29, 1.82) is 0 Å². The number of carboxylic acid groups (broad SMARTS) is 1. The summed E-state index contributed by atoms with van der Waals surface area (Å²) in [6.07, 6.45) is 0.556. The van der Waals surface area contributed by atoms with Crippen LogP contribution in [-0.2, 0) is 4.79 Å². The minimum Gasteiger partial charge on any atom is -0.480 e. The van der Waals surface area contributed by atoms with Gasteiger partial charge in [0.2, 0.25) is 0 Å². The van der Waals surface area contributed by atoms with Crippen molar-refractivity contribution in [3.05, 3.63) is 0 Å². The molecule has 0 saturated carbocycles. The zero-order valence-corrected chi connectivity index (χ0v) is 8.42. The molecule has 1 fully saturated rings. The van der Waals surface area contributed by atoms with E-state index < -0.39 is 12.0 Å². The second-order valence-electron chi connectivity index (χ2n) is 3.19. The standard InChI is InChI=1S/C8H16N2O2S/c9-7(8(11)12)1-2-10-3-5-13-6-4-10/h7H,1-6,9H2,(H,11,12). The lowest BCUT2D eigenvalue weighted by Gasteiger charge is -2.26. The summed E-state index contributed by atoms with van der Waals surface area (Å²) >= 11 is 1.95. The first-order chi connectivity index (χ1) is 6.20. The van der Waals surface area contributed by atoms with E-state index in [1.807, 2.05) is 11.8 Å². The predicted molar refractivity (Wildman–Crippen MR) is 54.0 cm³/mol. The Morgan fingerprint density at radius 3 is 2.69 bits per heavy atom. The first kappa shape index (κ1) is 10.8. The van der Waals surface area contributed by atoms with E-state index >= 15 is 0 Å². The van der Waals surface area contributed by atoms with Gasteiger partial charge >= 0.3 is 5.97 Å². The molecule has 0 radical (unpaired) electrons. The molecule has 3 N–H and O–H groups in total. The maximum absolute atomic E-state index is 10.4. The largest absolute Gasteiger partial charge is 0.480 e. The summed E-state index contributed by atoms with van der Waals surface area (Å²) < 4.78 is 0. The third kappa shape index (κ3) is 3.97. The number of thioether (sulfide) groups is 1. The number of carboxylic acids is 1. The van der Waals surface area contributed by atoms with E-state index in [4.69, 9.17) is 10.8 Å². The Bertz CT molecular complexity index is 172. The smallest absolute Gasteiger partial charge is 0.320 e. The quantitative estimate of drug-likeness (QED) is 0.666. The SMILES string of the molecule is NC(CCN1CCSCC1)C(=O)O. The predicted octanol–water partition coefficient (Wildman–Crippen LogP) is -0.163. The van der Waals surface area contributed by atoms with Crippen LogP contribution < -0.4 is 5.73 Å². The zero-order chi connectivity index (χ0) is 9.68. The molecule has 76 valence electrons. The fourth-order valence-corrected chi connectivity index (χ4v) is 2.25. The summed E-state index contributed by atoms with van der Waals surface area (Å²) in [5.74, 6) is 1.41. The normalized spacial score (nSPS) is 21.3. The molecule has 1 atom stereocenters. The second kappa shape index (κ2) is 5.47.